The number of nitrogens with two attached hydrogens (primary N) is 1. The molecule has 3 nitrogen and oxygen atoms in total. The van der Waals surface area contributed by atoms with Crippen molar-refractivity contribution in [3.63, 3.8) is 0 Å². The van der Waals surface area contributed by atoms with Crippen molar-refractivity contribution in [2.45, 2.75) is 12.8 Å². The van der Waals surface area contributed by atoms with Crippen molar-refractivity contribution in [3.8, 4) is 0 Å². The molecular formula is C14H20FN3S. The molecule has 1 aromatic carbocycles. The highest BCUT2D eigenvalue weighted by Crippen LogP contribution is 2.19. The Hall–Kier alpha value is -1.20. The molecule has 19 heavy (non-hydrogen) atoms. The topological polar surface area (TPSA) is 41.3 Å². The van der Waals surface area contributed by atoms with Gasteiger partial charge in [0.15, 0.2) is 0 Å². The number of hydrogen-bond acceptors (Lipinski definition) is 3. The summed E-state index contributed by atoms with van der Waals surface area (Å²) in [6.45, 7) is 3.17. The molecule has 0 bridgehead atoms. The molecule has 1 aliphatic rings. The van der Waals surface area contributed by atoms with Crippen LogP contribution in [0.3, 0.4) is 0 Å². The van der Waals surface area contributed by atoms with E-state index in [1.54, 1.807) is 6.07 Å². The van der Waals surface area contributed by atoms with Gasteiger partial charge in [0, 0.05) is 17.8 Å². The van der Waals surface area contributed by atoms with Crippen LogP contribution in [-0.2, 0) is 0 Å². The van der Waals surface area contributed by atoms with E-state index in [1.165, 1.54) is 18.9 Å². The number of nitrogens with zero attached hydrogens (tertiary/aromatic N) is 1. The van der Waals surface area contributed by atoms with Gasteiger partial charge in [-0.3, -0.25) is 0 Å². The highest BCUT2D eigenvalue weighted by molar-refractivity contribution is 7.80. The van der Waals surface area contributed by atoms with Crippen LogP contribution < -0.4 is 11.1 Å². The molecule has 1 aromatic rings. The number of rotatable bonds is 4. The summed E-state index contributed by atoms with van der Waals surface area (Å²) in [5, 5.41) is 3.29. The Morgan fingerprint density at radius 1 is 1.47 bits per heavy atom. The van der Waals surface area contributed by atoms with Crippen LogP contribution >= 0.6 is 12.2 Å². The van der Waals surface area contributed by atoms with Crippen LogP contribution in [0, 0.1) is 11.7 Å². The lowest BCUT2D eigenvalue weighted by Gasteiger charge is -2.29. The summed E-state index contributed by atoms with van der Waals surface area (Å²) >= 11 is 4.78. The Bertz CT molecular complexity index is 456. The first-order valence-corrected chi connectivity index (χ1v) is 6.99. The van der Waals surface area contributed by atoms with Crippen LogP contribution in [0.1, 0.15) is 18.4 Å². The summed E-state index contributed by atoms with van der Waals surface area (Å²) in [5.41, 5.74) is 6.53. The van der Waals surface area contributed by atoms with E-state index in [4.69, 9.17) is 18.0 Å². The van der Waals surface area contributed by atoms with Gasteiger partial charge in [-0.2, -0.15) is 0 Å². The van der Waals surface area contributed by atoms with E-state index in [0.29, 0.717) is 11.5 Å². The molecule has 0 saturated carbocycles. The zero-order valence-electron chi connectivity index (χ0n) is 11.2. The molecule has 1 saturated heterocycles. The van der Waals surface area contributed by atoms with Crippen molar-refractivity contribution in [1.29, 1.82) is 0 Å². The maximum Gasteiger partial charge on any atom is 0.135 e. The Labute approximate surface area is 119 Å². The van der Waals surface area contributed by atoms with Gasteiger partial charge >= 0.3 is 0 Å². The number of benzene rings is 1. The monoisotopic (exact) mass is 281 g/mol. The molecular weight excluding hydrogens is 261 g/mol. The van der Waals surface area contributed by atoms with Crippen LogP contribution in [0.5, 0.6) is 0 Å². The molecule has 1 heterocycles. The van der Waals surface area contributed by atoms with E-state index in [9.17, 15) is 4.39 Å². The maximum absolute atomic E-state index is 13.7. The van der Waals surface area contributed by atoms with Crippen molar-refractivity contribution >= 4 is 22.9 Å². The Morgan fingerprint density at radius 2 is 2.16 bits per heavy atom. The second-order valence-corrected chi connectivity index (χ2v) is 5.63. The van der Waals surface area contributed by atoms with E-state index in [-0.39, 0.29) is 10.8 Å². The van der Waals surface area contributed by atoms with Crippen molar-refractivity contribution in [3.05, 3.63) is 29.6 Å². The zero-order chi connectivity index (χ0) is 13.8. The predicted molar refractivity (Wildman–Crippen MR) is 81.0 cm³/mol. The number of likely N-dealkylation sites (tertiary alicyclic amines) is 1. The van der Waals surface area contributed by atoms with E-state index in [0.717, 1.165) is 25.3 Å². The van der Waals surface area contributed by atoms with Gasteiger partial charge in [-0.15, -0.1) is 0 Å². The molecule has 5 heteroatoms. The van der Waals surface area contributed by atoms with Crippen LogP contribution in [0.4, 0.5) is 10.1 Å². The molecule has 1 fully saturated rings. The lowest BCUT2D eigenvalue weighted by molar-refractivity contribution is 0.226. The van der Waals surface area contributed by atoms with Gasteiger partial charge in [-0.05, 0) is 57.1 Å². The maximum atomic E-state index is 13.7. The quantitative estimate of drug-likeness (QED) is 0.830. The largest absolute Gasteiger partial charge is 0.389 e. The average Bonchev–Trinajstić information content (AvgIpc) is 2.37. The minimum atomic E-state index is -0.360. The van der Waals surface area contributed by atoms with Gasteiger partial charge in [0.25, 0.3) is 0 Å². The second-order valence-electron chi connectivity index (χ2n) is 5.19. The molecule has 0 amide bonds. The molecule has 0 radical (unpaired) electrons. The van der Waals surface area contributed by atoms with Gasteiger partial charge in [0.2, 0.25) is 0 Å². The third-order valence-electron chi connectivity index (χ3n) is 3.67. The normalized spacial score (nSPS) is 17.4. The third-order valence-corrected chi connectivity index (χ3v) is 3.89. The predicted octanol–water partition coefficient (Wildman–Crippen LogP) is 2.21. The fourth-order valence-electron chi connectivity index (χ4n) is 2.35. The van der Waals surface area contributed by atoms with Gasteiger partial charge in [0.1, 0.15) is 10.8 Å². The molecule has 3 N–H and O–H groups in total. The summed E-state index contributed by atoms with van der Waals surface area (Å²) in [7, 11) is 2.15. The SMILES string of the molecule is CN1CCC(CNc2ccc(C(N)=S)c(F)c2)CC1. The van der Waals surface area contributed by atoms with E-state index >= 15 is 0 Å². The lowest BCUT2D eigenvalue weighted by Crippen LogP contribution is -2.32. The highest BCUT2D eigenvalue weighted by atomic mass is 32.1. The number of piperidine rings is 1. The van der Waals surface area contributed by atoms with Gasteiger partial charge in [0.05, 0.1) is 0 Å². The Balaban J connectivity index is 1.89. The van der Waals surface area contributed by atoms with Crippen molar-refractivity contribution in [2.75, 3.05) is 32.0 Å². The molecule has 0 unspecified atom stereocenters. The van der Waals surface area contributed by atoms with Crippen LogP contribution in [0.15, 0.2) is 18.2 Å². The number of hydrogen-bond donors (Lipinski definition) is 2. The Kier molecular flexibility index (Phi) is 4.71. The second kappa shape index (κ2) is 6.30. The summed E-state index contributed by atoms with van der Waals surface area (Å²) in [4.78, 5) is 2.44. The minimum absolute atomic E-state index is 0.0966. The van der Waals surface area contributed by atoms with Gasteiger partial charge in [-0.25, -0.2) is 4.39 Å². The van der Waals surface area contributed by atoms with Crippen molar-refractivity contribution < 1.29 is 4.39 Å². The molecule has 0 aromatic heterocycles. The minimum Gasteiger partial charge on any atom is -0.389 e. The van der Waals surface area contributed by atoms with Crippen molar-refractivity contribution in [2.24, 2.45) is 11.7 Å². The molecule has 0 spiro atoms. The van der Waals surface area contributed by atoms with Crippen LogP contribution in [0.25, 0.3) is 0 Å². The first-order valence-electron chi connectivity index (χ1n) is 6.58. The van der Waals surface area contributed by atoms with E-state index < -0.39 is 0 Å². The van der Waals surface area contributed by atoms with Gasteiger partial charge < -0.3 is 16.0 Å². The van der Waals surface area contributed by atoms with Gasteiger partial charge in [-0.1, -0.05) is 12.2 Å². The van der Waals surface area contributed by atoms with Crippen LogP contribution in [-0.4, -0.2) is 36.6 Å². The lowest BCUT2D eigenvalue weighted by atomic mass is 9.97. The number of halogens is 1. The third kappa shape index (κ3) is 3.88. The summed E-state index contributed by atoms with van der Waals surface area (Å²) in [6, 6.07) is 4.92. The van der Waals surface area contributed by atoms with Crippen LogP contribution in [0.2, 0.25) is 0 Å². The zero-order valence-corrected chi connectivity index (χ0v) is 12.0. The smallest absolute Gasteiger partial charge is 0.135 e. The number of nitrogens with one attached hydrogen (secondary N) is 1. The first-order chi connectivity index (χ1) is 9.06. The molecule has 1 aliphatic heterocycles. The Morgan fingerprint density at radius 3 is 2.74 bits per heavy atom. The first kappa shape index (κ1) is 14.2. The summed E-state index contributed by atoms with van der Waals surface area (Å²) in [5.74, 6) is 0.301. The average molecular weight is 281 g/mol. The molecule has 0 atom stereocenters. The molecule has 104 valence electrons. The highest BCUT2D eigenvalue weighted by Gasteiger charge is 2.16. The standard InChI is InChI=1S/C14H20FN3S/c1-18-6-4-10(5-7-18)9-17-11-2-3-12(14(16)19)13(15)8-11/h2-3,8,10,17H,4-7,9H2,1H3,(H2,16,19). The van der Waals surface area contributed by atoms with E-state index in [2.05, 4.69) is 17.3 Å². The molecule has 0 aliphatic carbocycles. The van der Waals surface area contributed by atoms with E-state index in [1.807, 2.05) is 6.07 Å². The summed E-state index contributed by atoms with van der Waals surface area (Å²) in [6.07, 6.45) is 2.38. The fourth-order valence-corrected chi connectivity index (χ4v) is 2.52. The fraction of sp³-hybridized carbons (Fsp3) is 0.500. The van der Waals surface area contributed by atoms with Crippen molar-refractivity contribution in [1.82, 2.24) is 4.90 Å². The molecule has 2 rings (SSSR count). The number of thiocarbonyl (C=S) groups is 1. The summed E-state index contributed by atoms with van der Waals surface area (Å²) < 4.78 is 13.7. The number of anilines is 1.